The second kappa shape index (κ2) is 18.9. The largest absolute Gasteiger partial charge is 0.378 e. The van der Waals surface area contributed by atoms with Gasteiger partial charge in [-0.3, -0.25) is 0 Å². The molecular weight excluding hydrogens is 496 g/mol. The van der Waals surface area contributed by atoms with Gasteiger partial charge in [0.1, 0.15) is 0 Å². The van der Waals surface area contributed by atoms with Gasteiger partial charge in [-0.15, -0.1) is 0 Å². The number of hydrogen-bond donors (Lipinski definition) is 0. The number of thioether (sulfide) groups is 1. The molecule has 2 heterocycles. The van der Waals surface area contributed by atoms with E-state index >= 15 is 0 Å². The molecule has 2 aliphatic rings. The van der Waals surface area contributed by atoms with Crippen molar-refractivity contribution in [1.29, 1.82) is 0 Å². The Kier molecular flexibility index (Phi) is 14.9. The van der Waals surface area contributed by atoms with Crippen LogP contribution in [0.5, 0.6) is 0 Å². The van der Waals surface area contributed by atoms with Gasteiger partial charge >= 0.3 is 0 Å². The first-order valence-electron chi connectivity index (χ1n) is 16.3. The van der Waals surface area contributed by atoms with Crippen LogP contribution in [0.25, 0.3) is 0 Å². The normalized spacial score (nSPS) is 21.4. The SMILES string of the molecule is c1ccc(CC(CCCCCC2CCCCO2)SC(CCCCCC2CCCCO2)Cc2ccccc2)cc1. The Labute approximate surface area is 244 Å². The zero-order valence-corrected chi connectivity index (χ0v) is 25.3. The highest BCUT2D eigenvalue weighted by Gasteiger charge is 2.19. The maximum atomic E-state index is 5.97. The van der Waals surface area contributed by atoms with Crippen LogP contribution in [0.1, 0.15) is 114 Å². The summed E-state index contributed by atoms with van der Waals surface area (Å²) in [6.07, 6.45) is 24.5. The Hall–Kier alpha value is -1.29. The summed E-state index contributed by atoms with van der Waals surface area (Å²) in [5.74, 6) is 0. The van der Waals surface area contributed by atoms with E-state index in [1.165, 1.54) is 127 Å². The molecule has 0 amide bonds. The minimum atomic E-state index is 0.535. The molecule has 3 heteroatoms. The average Bonchev–Trinajstić information content (AvgIpc) is 2.99. The zero-order chi connectivity index (χ0) is 26.8. The summed E-state index contributed by atoms with van der Waals surface area (Å²) in [5.41, 5.74) is 2.99. The third kappa shape index (κ3) is 12.8. The van der Waals surface area contributed by atoms with Crippen molar-refractivity contribution in [3.8, 4) is 0 Å². The molecule has 0 N–H and O–H groups in total. The van der Waals surface area contributed by atoms with E-state index in [9.17, 15) is 0 Å². The molecule has 0 saturated carbocycles. The third-order valence-corrected chi connectivity index (χ3v) is 10.2. The van der Waals surface area contributed by atoms with Crippen LogP contribution in [-0.2, 0) is 22.3 Å². The molecule has 0 aliphatic carbocycles. The van der Waals surface area contributed by atoms with Crippen molar-refractivity contribution in [3.63, 3.8) is 0 Å². The summed E-state index contributed by atoms with van der Waals surface area (Å²) in [6, 6.07) is 22.4. The van der Waals surface area contributed by atoms with E-state index in [-0.39, 0.29) is 0 Å². The van der Waals surface area contributed by atoms with E-state index < -0.39 is 0 Å². The van der Waals surface area contributed by atoms with Crippen LogP contribution < -0.4 is 0 Å². The number of unbranched alkanes of at least 4 members (excludes halogenated alkanes) is 4. The summed E-state index contributed by atoms with van der Waals surface area (Å²) in [4.78, 5) is 0. The first kappa shape index (κ1) is 30.7. The molecule has 0 radical (unpaired) electrons. The number of ether oxygens (including phenoxy) is 2. The quantitative estimate of drug-likeness (QED) is 0.172. The van der Waals surface area contributed by atoms with Crippen molar-refractivity contribution in [2.75, 3.05) is 13.2 Å². The van der Waals surface area contributed by atoms with Gasteiger partial charge in [-0.2, -0.15) is 11.8 Å². The van der Waals surface area contributed by atoms with Crippen LogP contribution in [-0.4, -0.2) is 35.9 Å². The van der Waals surface area contributed by atoms with E-state index in [0.717, 1.165) is 13.2 Å². The lowest BCUT2D eigenvalue weighted by Gasteiger charge is -2.25. The molecule has 216 valence electrons. The smallest absolute Gasteiger partial charge is 0.0575 e. The Morgan fingerprint density at radius 1 is 0.564 bits per heavy atom. The van der Waals surface area contributed by atoms with Crippen molar-refractivity contribution >= 4 is 11.8 Å². The molecule has 4 unspecified atom stereocenters. The van der Waals surface area contributed by atoms with Gasteiger partial charge in [-0.05, 0) is 88.2 Å². The average molecular weight is 551 g/mol. The molecule has 2 saturated heterocycles. The second-order valence-corrected chi connectivity index (χ2v) is 13.6. The van der Waals surface area contributed by atoms with Gasteiger partial charge in [0.05, 0.1) is 12.2 Å². The van der Waals surface area contributed by atoms with Crippen molar-refractivity contribution < 1.29 is 9.47 Å². The number of rotatable bonds is 18. The molecule has 4 atom stereocenters. The topological polar surface area (TPSA) is 18.5 Å². The number of hydrogen-bond acceptors (Lipinski definition) is 3. The monoisotopic (exact) mass is 550 g/mol. The van der Waals surface area contributed by atoms with Crippen LogP contribution >= 0.6 is 11.8 Å². The Morgan fingerprint density at radius 2 is 1.03 bits per heavy atom. The molecule has 2 aromatic carbocycles. The van der Waals surface area contributed by atoms with E-state index in [4.69, 9.17) is 9.47 Å². The van der Waals surface area contributed by atoms with Gasteiger partial charge in [-0.1, -0.05) is 99.2 Å². The molecule has 4 rings (SSSR count). The summed E-state index contributed by atoms with van der Waals surface area (Å²) < 4.78 is 11.9. The molecule has 2 nitrogen and oxygen atoms in total. The van der Waals surface area contributed by atoms with Crippen molar-refractivity contribution in [2.24, 2.45) is 0 Å². The fourth-order valence-corrected chi connectivity index (χ4v) is 8.10. The summed E-state index contributed by atoms with van der Waals surface area (Å²) >= 11 is 2.30. The van der Waals surface area contributed by atoms with Gasteiger partial charge < -0.3 is 9.47 Å². The number of benzene rings is 2. The fourth-order valence-electron chi connectivity index (χ4n) is 6.37. The highest BCUT2D eigenvalue weighted by atomic mass is 32.2. The van der Waals surface area contributed by atoms with E-state index in [0.29, 0.717) is 22.7 Å². The van der Waals surface area contributed by atoms with Gasteiger partial charge in [-0.25, -0.2) is 0 Å². The Morgan fingerprint density at radius 3 is 1.44 bits per heavy atom. The first-order valence-corrected chi connectivity index (χ1v) is 17.3. The first-order chi connectivity index (χ1) is 19.3. The van der Waals surface area contributed by atoms with Crippen LogP contribution in [0, 0.1) is 0 Å². The molecule has 2 aromatic rings. The molecule has 39 heavy (non-hydrogen) atoms. The van der Waals surface area contributed by atoms with Gasteiger partial charge in [0.15, 0.2) is 0 Å². The third-order valence-electron chi connectivity index (χ3n) is 8.65. The van der Waals surface area contributed by atoms with Crippen molar-refractivity contribution in [2.45, 2.75) is 138 Å². The molecular formula is C36H54O2S. The molecule has 2 fully saturated rings. The van der Waals surface area contributed by atoms with Crippen LogP contribution in [0.15, 0.2) is 60.7 Å². The predicted octanol–water partition coefficient (Wildman–Crippen LogP) is 9.98. The Bertz CT molecular complexity index is 773. The summed E-state index contributed by atoms with van der Waals surface area (Å²) in [7, 11) is 0. The summed E-state index contributed by atoms with van der Waals surface area (Å²) in [5, 5.41) is 1.39. The lowest BCUT2D eigenvalue weighted by Crippen LogP contribution is -2.19. The highest BCUT2D eigenvalue weighted by molar-refractivity contribution is 8.00. The standard InChI is InChI=1S/C36H54O2S/c1-5-17-31(18-6-1)29-35(25-11-3-9-21-33-23-13-15-27-37-33)39-36(30-32-19-7-2-8-20-32)26-12-4-10-22-34-24-14-16-28-38-34/h1-2,5-8,17-20,33-36H,3-4,9-16,21-30H2. The van der Waals surface area contributed by atoms with Crippen LogP contribution in [0.2, 0.25) is 0 Å². The second-order valence-electron chi connectivity index (χ2n) is 12.0. The Balaban J connectivity index is 1.27. The minimum Gasteiger partial charge on any atom is -0.378 e. The van der Waals surface area contributed by atoms with E-state index in [1.54, 1.807) is 0 Å². The lowest BCUT2D eigenvalue weighted by atomic mass is 10.0. The fraction of sp³-hybridized carbons (Fsp3) is 0.667. The van der Waals surface area contributed by atoms with Gasteiger partial charge in [0.25, 0.3) is 0 Å². The molecule has 2 aliphatic heterocycles. The van der Waals surface area contributed by atoms with Gasteiger partial charge in [0, 0.05) is 23.7 Å². The van der Waals surface area contributed by atoms with E-state index in [2.05, 4.69) is 72.4 Å². The van der Waals surface area contributed by atoms with Crippen LogP contribution in [0.4, 0.5) is 0 Å². The van der Waals surface area contributed by atoms with Gasteiger partial charge in [0.2, 0.25) is 0 Å². The predicted molar refractivity (Wildman–Crippen MR) is 169 cm³/mol. The minimum absolute atomic E-state index is 0.535. The molecule has 0 bridgehead atoms. The summed E-state index contributed by atoms with van der Waals surface area (Å²) in [6.45, 7) is 1.97. The molecule has 0 spiro atoms. The van der Waals surface area contributed by atoms with Crippen molar-refractivity contribution in [1.82, 2.24) is 0 Å². The van der Waals surface area contributed by atoms with E-state index in [1.807, 2.05) is 0 Å². The maximum absolute atomic E-state index is 5.97. The maximum Gasteiger partial charge on any atom is 0.0575 e. The van der Waals surface area contributed by atoms with Crippen molar-refractivity contribution in [3.05, 3.63) is 71.8 Å². The van der Waals surface area contributed by atoms with Crippen LogP contribution in [0.3, 0.4) is 0 Å². The zero-order valence-electron chi connectivity index (χ0n) is 24.4. The highest BCUT2D eigenvalue weighted by Crippen LogP contribution is 2.32. The molecule has 0 aromatic heterocycles. The lowest BCUT2D eigenvalue weighted by molar-refractivity contribution is 0.00965.